The van der Waals surface area contributed by atoms with Gasteiger partial charge in [-0.15, -0.1) is 0 Å². The van der Waals surface area contributed by atoms with Crippen LogP contribution in [-0.2, 0) is 0 Å². The van der Waals surface area contributed by atoms with Crippen molar-refractivity contribution in [3.05, 3.63) is 81.5 Å². The molecule has 1 unspecified atom stereocenters. The summed E-state index contributed by atoms with van der Waals surface area (Å²) < 4.78 is 5.32. The number of amidine groups is 1. The minimum absolute atomic E-state index is 0.303. The van der Waals surface area contributed by atoms with Crippen molar-refractivity contribution in [1.82, 2.24) is 0 Å². The summed E-state index contributed by atoms with van der Waals surface area (Å²) in [5.74, 6) is 0.492. The van der Waals surface area contributed by atoms with Crippen LogP contribution in [0.4, 0.5) is 0 Å². The van der Waals surface area contributed by atoms with Crippen LogP contribution in [0.2, 0.25) is 5.02 Å². The molecule has 0 radical (unpaired) electrons. The van der Waals surface area contributed by atoms with Gasteiger partial charge in [-0.3, -0.25) is 0 Å². The molecule has 1 aliphatic heterocycles. The predicted octanol–water partition coefficient (Wildman–Crippen LogP) is 4.75. The van der Waals surface area contributed by atoms with E-state index in [1.807, 2.05) is 49.4 Å². The molecule has 3 rings (SSSR count). The van der Waals surface area contributed by atoms with Gasteiger partial charge in [0.25, 0.3) is 0 Å². The van der Waals surface area contributed by atoms with Crippen LogP contribution in [0.3, 0.4) is 0 Å². The molecule has 1 aliphatic rings. The van der Waals surface area contributed by atoms with Gasteiger partial charge in [0.1, 0.15) is 11.6 Å². The first kappa shape index (κ1) is 20.5. The molecule has 0 amide bonds. The fourth-order valence-electron chi connectivity index (χ4n) is 3.54. The molecule has 1 atom stereocenters. The summed E-state index contributed by atoms with van der Waals surface area (Å²) in [5, 5.41) is 10.6. The number of nitrogens with two attached hydrogens (primary N) is 2. The number of nitriles is 1. The van der Waals surface area contributed by atoms with E-state index < -0.39 is 5.92 Å². The molecule has 5 nitrogen and oxygen atoms in total. The summed E-state index contributed by atoms with van der Waals surface area (Å²) >= 11 is 6.52. The van der Waals surface area contributed by atoms with Gasteiger partial charge < -0.3 is 16.2 Å². The van der Waals surface area contributed by atoms with Crippen molar-refractivity contribution < 1.29 is 4.74 Å². The Bertz CT molecular complexity index is 1060. The van der Waals surface area contributed by atoms with Crippen LogP contribution < -0.4 is 16.2 Å². The van der Waals surface area contributed by atoms with Gasteiger partial charge in [0.15, 0.2) is 0 Å². The molecular weight excluding hydrogens is 384 g/mol. The highest BCUT2D eigenvalue weighted by molar-refractivity contribution is 6.31. The largest absolute Gasteiger partial charge is 0.497 e. The average Bonchev–Trinajstić information content (AvgIpc) is 2.73. The SMILES string of the molecule is CCCC1=C(C#N)C(c2ccccc2Cl)/C(=C(/N)c2cccc(OC)c2)C(N)=N1. The van der Waals surface area contributed by atoms with E-state index in [2.05, 4.69) is 11.1 Å². The zero-order valence-corrected chi connectivity index (χ0v) is 17.2. The van der Waals surface area contributed by atoms with Crippen LogP contribution in [0, 0.1) is 11.3 Å². The second-order valence-corrected chi connectivity index (χ2v) is 7.14. The lowest BCUT2D eigenvalue weighted by Crippen LogP contribution is -2.28. The number of halogens is 1. The molecule has 29 heavy (non-hydrogen) atoms. The number of rotatable bonds is 5. The summed E-state index contributed by atoms with van der Waals surface area (Å²) in [5.41, 5.74) is 16.7. The second kappa shape index (κ2) is 8.85. The van der Waals surface area contributed by atoms with E-state index in [-0.39, 0.29) is 0 Å². The number of benzene rings is 2. The standard InChI is InChI=1S/C23H23ClN4O/c1-3-7-19-17(13-25)20(16-10-4-5-11-18(16)24)21(23(27)28-19)22(26)14-8-6-9-15(12-14)29-2/h4-6,8-12,20H,3,7,26H2,1-2H3,(H2,27,28)/b22-21-. The van der Waals surface area contributed by atoms with E-state index in [1.54, 1.807) is 13.2 Å². The number of methoxy groups -OCH3 is 1. The van der Waals surface area contributed by atoms with E-state index >= 15 is 0 Å². The Balaban J connectivity index is 2.30. The molecule has 1 heterocycles. The Labute approximate surface area is 176 Å². The molecule has 0 fully saturated rings. The van der Waals surface area contributed by atoms with Crippen LogP contribution in [-0.4, -0.2) is 12.9 Å². The maximum Gasteiger partial charge on any atom is 0.129 e. The molecule has 4 N–H and O–H groups in total. The van der Waals surface area contributed by atoms with E-state index in [4.69, 9.17) is 27.8 Å². The molecule has 148 valence electrons. The zero-order valence-electron chi connectivity index (χ0n) is 16.4. The number of aliphatic imine (C=N–C) groups is 1. The molecule has 0 saturated carbocycles. The summed E-state index contributed by atoms with van der Waals surface area (Å²) in [6.45, 7) is 2.04. The number of nitrogens with zero attached hydrogens (tertiary/aromatic N) is 2. The minimum atomic E-state index is -0.487. The van der Waals surface area contributed by atoms with Crippen LogP contribution in [0.25, 0.3) is 5.70 Å². The molecule has 2 aromatic carbocycles. The summed E-state index contributed by atoms with van der Waals surface area (Å²) in [6.07, 6.45) is 1.49. The van der Waals surface area contributed by atoms with Crippen molar-refractivity contribution in [2.75, 3.05) is 7.11 Å². The van der Waals surface area contributed by atoms with Crippen molar-refractivity contribution in [2.45, 2.75) is 25.7 Å². The smallest absolute Gasteiger partial charge is 0.129 e. The van der Waals surface area contributed by atoms with Gasteiger partial charge in [0.2, 0.25) is 0 Å². The molecule has 0 aromatic heterocycles. The van der Waals surface area contributed by atoms with E-state index in [0.29, 0.717) is 45.6 Å². The maximum absolute atomic E-state index is 10.0. The number of allylic oxidation sites excluding steroid dienone is 2. The maximum atomic E-state index is 10.0. The third-order valence-corrected chi connectivity index (χ3v) is 5.26. The van der Waals surface area contributed by atoms with E-state index in [9.17, 15) is 5.26 Å². The lowest BCUT2D eigenvalue weighted by Gasteiger charge is -2.28. The van der Waals surface area contributed by atoms with Crippen LogP contribution >= 0.6 is 11.6 Å². The molecular formula is C23H23ClN4O. The fourth-order valence-corrected chi connectivity index (χ4v) is 3.79. The number of ether oxygens (including phenoxy) is 1. The Hall–Kier alpha value is -3.23. The Morgan fingerprint density at radius 2 is 2.00 bits per heavy atom. The summed E-state index contributed by atoms with van der Waals surface area (Å²) in [7, 11) is 1.60. The lowest BCUT2D eigenvalue weighted by atomic mass is 9.79. The van der Waals surface area contributed by atoms with Crippen molar-refractivity contribution in [3.63, 3.8) is 0 Å². The van der Waals surface area contributed by atoms with Gasteiger partial charge in [-0.2, -0.15) is 5.26 Å². The highest BCUT2D eigenvalue weighted by Crippen LogP contribution is 2.43. The minimum Gasteiger partial charge on any atom is -0.497 e. The van der Waals surface area contributed by atoms with Crippen molar-refractivity contribution in [1.29, 1.82) is 5.26 Å². The van der Waals surface area contributed by atoms with E-state index in [0.717, 1.165) is 17.5 Å². The Morgan fingerprint density at radius 3 is 2.66 bits per heavy atom. The third-order valence-electron chi connectivity index (χ3n) is 4.91. The topological polar surface area (TPSA) is 97.4 Å². The van der Waals surface area contributed by atoms with Crippen molar-refractivity contribution in [3.8, 4) is 11.8 Å². The Kier molecular flexibility index (Phi) is 6.26. The van der Waals surface area contributed by atoms with E-state index in [1.165, 1.54) is 0 Å². The lowest BCUT2D eigenvalue weighted by molar-refractivity contribution is 0.414. The van der Waals surface area contributed by atoms with Gasteiger partial charge in [0.05, 0.1) is 30.4 Å². The first-order chi connectivity index (χ1) is 14.0. The summed E-state index contributed by atoms with van der Waals surface area (Å²) in [4.78, 5) is 4.54. The van der Waals surface area contributed by atoms with Gasteiger partial charge in [-0.05, 0) is 30.2 Å². The molecule has 0 bridgehead atoms. The normalized spacial score (nSPS) is 18.1. The first-order valence-electron chi connectivity index (χ1n) is 9.37. The highest BCUT2D eigenvalue weighted by atomic mass is 35.5. The van der Waals surface area contributed by atoms with Crippen molar-refractivity contribution >= 4 is 23.1 Å². The van der Waals surface area contributed by atoms with Gasteiger partial charge in [-0.1, -0.05) is 55.3 Å². The Morgan fingerprint density at radius 1 is 1.24 bits per heavy atom. The molecule has 2 aromatic rings. The second-order valence-electron chi connectivity index (χ2n) is 6.73. The number of hydrogen-bond acceptors (Lipinski definition) is 5. The zero-order chi connectivity index (χ0) is 21.0. The summed E-state index contributed by atoms with van der Waals surface area (Å²) in [6, 6.07) is 17.2. The molecule has 0 aliphatic carbocycles. The van der Waals surface area contributed by atoms with Gasteiger partial charge in [-0.25, -0.2) is 4.99 Å². The fraction of sp³-hybridized carbons (Fsp3) is 0.217. The van der Waals surface area contributed by atoms with Crippen molar-refractivity contribution in [2.24, 2.45) is 16.5 Å². The average molecular weight is 407 g/mol. The monoisotopic (exact) mass is 406 g/mol. The molecule has 0 saturated heterocycles. The quantitative estimate of drug-likeness (QED) is 0.748. The van der Waals surface area contributed by atoms with Gasteiger partial charge >= 0.3 is 0 Å². The van der Waals surface area contributed by atoms with Gasteiger partial charge in [0, 0.05) is 21.9 Å². The number of hydrogen-bond donors (Lipinski definition) is 2. The molecule has 0 spiro atoms. The van der Waals surface area contributed by atoms with Crippen LogP contribution in [0.5, 0.6) is 5.75 Å². The molecule has 6 heteroatoms. The first-order valence-corrected chi connectivity index (χ1v) is 9.75. The highest BCUT2D eigenvalue weighted by Gasteiger charge is 2.33. The predicted molar refractivity (Wildman–Crippen MR) is 117 cm³/mol. The van der Waals surface area contributed by atoms with Crippen LogP contribution in [0.15, 0.2) is 70.4 Å². The third kappa shape index (κ3) is 3.98. The van der Waals surface area contributed by atoms with Crippen LogP contribution in [0.1, 0.15) is 36.8 Å².